The molecule has 1 aliphatic rings. The van der Waals surface area contributed by atoms with Gasteiger partial charge in [-0.15, -0.1) is 0 Å². The molecule has 0 amide bonds. The second-order valence-electron chi connectivity index (χ2n) is 3.34. The summed E-state index contributed by atoms with van der Waals surface area (Å²) in [6.45, 7) is 4.40. The smallest absolute Gasteiger partial charge is 0.0661 e. The van der Waals surface area contributed by atoms with Crippen LogP contribution < -0.4 is 0 Å². The van der Waals surface area contributed by atoms with Gasteiger partial charge in [0.1, 0.15) is 0 Å². The molecule has 2 unspecified atom stereocenters. The van der Waals surface area contributed by atoms with Gasteiger partial charge in [-0.1, -0.05) is 13.8 Å². The van der Waals surface area contributed by atoms with E-state index in [-0.39, 0.29) is 6.10 Å². The highest BCUT2D eigenvalue weighted by Crippen LogP contribution is 2.28. The lowest BCUT2D eigenvalue weighted by Crippen LogP contribution is -2.31. The van der Waals surface area contributed by atoms with E-state index in [1.807, 2.05) is 11.8 Å². The summed E-state index contributed by atoms with van der Waals surface area (Å²) in [6.07, 6.45) is 1.16. The quantitative estimate of drug-likeness (QED) is 0.630. The minimum absolute atomic E-state index is 0.0428. The van der Waals surface area contributed by atoms with E-state index in [4.69, 9.17) is 0 Å². The third kappa shape index (κ3) is 1.89. The maximum atomic E-state index is 9.52. The first-order valence-corrected chi connectivity index (χ1v) is 5.13. The van der Waals surface area contributed by atoms with Crippen molar-refractivity contribution in [2.45, 2.75) is 26.4 Å². The van der Waals surface area contributed by atoms with Crippen LogP contribution in [0.5, 0.6) is 0 Å². The minimum Gasteiger partial charge on any atom is -0.392 e. The van der Waals surface area contributed by atoms with E-state index in [0.29, 0.717) is 11.8 Å². The molecule has 1 heterocycles. The molecule has 0 spiro atoms. The molecule has 0 aromatic heterocycles. The first-order valence-electron chi connectivity index (χ1n) is 3.97. The van der Waals surface area contributed by atoms with Gasteiger partial charge in [0.15, 0.2) is 0 Å². The molecular weight excluding hydrogens is 144 g/mol. The summed E-state index contributed by atoms with van der Waals surface area (Å²) in [4.78, 5) is 0. The van der Waals surface area contributed by atoms with Crippen LogP contribution in [0.1, 0.15) is 20.3 Å². The Balaban J connectivity index is 2.40. The second-order valence-corrected chi connectivity index (χ2v) is 4.49. The molecule has 1 fully saturated rings. The Hall–Kier alpha value is 0.310. The molecule has 10 heavy (non-hydrogen) atoms. The molecule has 1 rings (SSSR count). The molecule has 2 atom stereocenters. The molecule has 1 aliphatic heterocycles. The van der Waals surface area contributed by atoms with E-state index in [0.717, 1.165) is 5.75 Å². The van der Waals surface area contributed by atoms with E-state index in [9.17, 15) is 5.11 Å². The third-order valence-corrected chi connectivity index (χ3v) is 3.34. The predicted octanol–water partition coefficient (Wildman–Crippen LogP) is 1.76. The van der Waals surface area contributed by atoms with Crippen LogP contribution in [0.15, 0.2) is 0 Å². The number of hydrogen-bond acceptors (Lipinski definition) is 2. The summed E-state index contributed by atoms with van der Waals surface area (Å²) in [5, 5.41) is 9.52. The van der Waals surface area contributed by atoms with Crippen molar-refractivity contribution in [3.05, 3.63) is 0 Å². The maximum Gasteiger partial charge on any atom is 0.0661 e. The van der Waals surface area contributed by atoms with Crippen LogP contribution in [-0.4, -0.2) is 22.7 Å². The van der Waals surface area contributed by atoms with Crippen molar-refractivity contribution in [3.8, 4) is 0 Å². The van der Waals surface area contributed by atoms with Gasteiger partial charge in [-0.3, -0.25) is 0 Å². The van der Waals surface area contributed by atoms with Crippen molar-refractivity contribution in [2.75, 3.05) is 11.5 Å². The molecule has 1 N–H and O–H groups in total. The minimum atomic E-state index is -0.0428. The fourth-order valence-electron chi connectivity index (χ4n) is 1.52. The predicted molar refractivity (Wildman–Crippen MR) is 46.3 cm³/mol. The van der Waals surface area contributed by atoms with Crippen LogP contribution in [0.3, 0.4) is 0 Å². The fourth-order valence-corrected chi connectivity index (χ4v) is 2.61. The van der Waals surface area contributed by atoms with Crippen LogP contribution in [0.2, 0.25) is 0 Å². The first kappa shape index (κ1) is 8.41. The van der Waals surface area contributed by atoms with E-state index >= 15 is 0 Å². The molecule has 0 bridgehead atoms. The average molecular weight is 160 g/mol. The van der Waals surface area contributed by atoms with Gasteiger partial charge < -0.3 is 5.11 Å². The van der Waals surface area contributed by atoms with Crippen molar-refractivity contribution in [3.63, 3.8) is 0 Å². The summed E-state index contributed by atoms with van der Waals surface area (Å²) in [5.74, 6) is 3.39. The lowest BCUT2D eigenvalue weighted by Gasteiger charge is -2.30. The van der Waals surface area contributed by atoms with E-state index in [2.05, 4.69) is 13.8 Å². The van der Waals surface area contributed by atoms with E-state index < -0.39 is 0 Å². The second kappa shape index (κ2) is 3.63. The molecular formula is C8H16OS. The van der Waals surface area contributed by atoms with Crippen molar-refractivity contribution < 1.29 is 5.11 Å². The molecule has 60 valence electrons. The van der Waals surface area contributed by atoms with Gasteiger partial charge in [-0.2, -0.15) is 11.8 Å². The topological polar surface area (TPSA) is 20.2 Å². The van der Waals surface area contributed by atoms with Crippen LogP contribution in [-0.2, 0) is 0 Å². The van der Waals surface area contributed by atoms with E-state index in [1.165, 1.54) is 12.2 Å². The molecule has 0 radical (unpaired) electrons. The molecule has 1 saturated heterocycles. The molecule has 0 saturated carbocycles. The van der Waals surface area contributed by atoms with Crippen molar-refractivity contribution >= 4 is 11.8 Å². The summed E-state index contributed by atoms with van der Waals surface area (Å²) in [5.41, 5.74) is 0. The van der Waals surface area contributed by atoms with Gasteiger partial charge in [-0.25, -0.2) is 0 Å². The Kier molecular flexibility index (Phi) is 3.05. The van der Waals surface area contributed by atoms with Crippen LogP contribution >= 0.6 is 11.8 Å². The van der Waals surface area contributed by atoms with Crippen molar-refractivity contribution in [2.24, 2.45) is 11.8 Å². The Bertz CT molecular complexity index is 103. The van der Waals surface area contributed by atoms with Gasteiger partial charge in [0.25, 0.3) is 0 Å². The Morgan fingerprint density at radius 2 is 2.20 bits per heavy atom. The van der Waals surface area contributed by atoms with Crippen molar-refractivity contribution in [1.82, 2.24) is 0 Å². The average Bonchev–Trinajstić information content (AvgIpc) is 1.88. The van der Waals surface area contributed by atoms with Gasteiger partial charge >= 0.3 is 0 Å². The highest BCUT2D eigenvalue weighted by molar-refractivity contribution is 7.99. The molecule has 1 nitrogen and oxygen atoms in total. The number of aliphatic hydroxyl groups is 1. The lowest BCUT2D eigenvalue weighted by atomic mass is 9.88. The van der Waals surface area contributed by atoms with Crippen LogP contribution in [0.4, 0.5) is 0 Å². The normalized spacial score (nSPS) is 34.8. The van der Waals surface area contributed by atoms with Crippen LogP contribution in [0.25, 0.3) is 0 Å². The van der Waals surface area contributed by atoms with Crippen molar-refractivity contribution in [1.29, 1.82) is 0 Å². The Morgan fingerprint density at radius 1 is 1.50 bits per heavy atom. The number of hydrogen-bond donors (Lipinski definition) is 1. The summed E-state index contributed by atoms with van der Waals surface area (Å²) in [6, 6.07) is 0. The summed E-state index contributed by atoms with van der Waals surface area (Å²) >= 11 is 1.87. The van der Waals surface area contributed by atoms with E-state index in [1.54, 1.807) is 0 Å². The molecule has 0 aliphatic carbocycles. The highest BCUT2D eigenvalue weighted by atomic mass is 32.2. The SMILES string of the molecule is CC(C)C1CCSCC1O. The number of rotatable bonds is 1. The third-order valence-electron chi connectivity index (χ3n) is 2.23. The zero-order valence-electron chi connectivity index (χ0n) is 6.71. The number of aliphatic hydroxyl groups excluding tert-OH is 1. The summed E-state index contributed by atoms with van der Waals surface area (Å²) in [7, 11) is 0. The van der Waals surface area contributed by atoms with Gasteiger partial charge in [0.05, 0.1) is 6.10 Å². The lowest BCUT2D eigenvalue weighted by molar-refractivity contribution is 0.0959. The van der Waals surface area contributed by atoms with Gasteiger partial charge in [-0.05, 0) is 24.0 Å². The van der Waals surface area contributed by atoms with Crippen LogP contribution in [0, 0.1) is 11.8 Å². The zero-order chi connectivity index (χ0) is 7.56. The maximum absolute atomic E-state index is 9.52. The monoisotopic (exact) mass is 160 g/mol. The van der Waals surface area contributed by atoms with Gasteiger partial charge in [0.2, 0.25) is 0 Å². The Morgan fingerprint density at radius 3 is 2.60 bits per heavy atom. The number of thioether (sulfide) groups is 1. The fraction of sp³-hybridized carbons (Fsp3) is 1.00. The standard InChI is InChI=1S/C8H16OS/c1-6(2)7-3-4-10-5-8(7)9/h6-9H,3-5H2,1-2H3. The highest BCUT2D eigenvalue weighted by Gasteiger charge is 2.25. The molecule has 0 aromatic carbocycles. The first-order chi connectivity index (χ1) is 4.72. The summed E-state index contributed by atoms with van der Waals surface area (Å²) < 4.78 is 0. The Labute approximate surface area is 67.2 Å². The zero-order valence-corrected chi connectivity index (χ0v) is 7.53. The molecule has 2 heteroatoms. The molecule has 0 aromatic rings. The largest absolute Gasteiger partial charge is 0.392 e. The van der Waals surface area contributed by atoms with Gasteiger partial charge in [0, 0.05) is 5.75 Å².